The minimum Gasteiger partial charge on any atom is -0.293 e. The Labute approximate surface area is 113 Å². The summed E-state index contributed by atoms with van der Waals surface area (Å²) in [5.41, 5.74) is 2.14. The fraction of sp³-hybridized carbons (Fsp3) is 0.533. The van der Waals surface area contributed by atoms with Crippen LogP contribution in [-0.4, -0.2) is 11.1 Å². The highest BCUT2D eigenvalue weighted by molar-refractivity contribution is 9.09. The maximum absolute atomic E-state index is 11.4. The molecule has 0 atom stereocenters. The van der Waals surface area contributed by atoms with E-state index in [4.69, 9.17) is 0 Å². The molecule has 1 aromatic carbocycles. The summed E-state index contributed by atoms with van der Waals surface area (Å²) < 4.78 is 0. The first kappa shape index (κ1) is 14.4. The first-order valence-corrected chi connectivity index (χ1v) is 7.58. The van der Waals surface area contributed by atoms with E-state index in [1.54, 1.807) is 0 Å². The minimum atomic E-state index is 0.152. The van der Waals surface area contributed by atoms with Gasteiger partial charge in [0.25, 0.3) is 0 Å². The summed E-state index contributed by atoms with van der Waals surface area (Å²) in [6.45, 7) is 2.24. The molecule has 0 aliphatic rings. The zero-order valence-electron chi connectivity index (χ0n) is 10.5. The van der Waals surface area contributed by atoms with Crippen LogP contribution >= 0.6 is 15.9 Å². The van der Waals surface area contributed by atoms with Gasteiger partial charge in [-0.15, -0.1) is 0 Å². The fourth-order valence-corrected chi connectivity index (χ4v) is 2.19. The number of hydrogen-bond donors (Lipinski definition) is 0. The van der Waals surface area contributed by atoms with Crippen molar-refractivity contribution in [3.63, 3.8) is 0 Å². The topological polar surface area (TPSA) is 17.1 Å². The van der Waals surface area contributed by atoms with Crippen molar-refractivity contribution in [2.24, 2.45) is 0 Å². The third kappa shape index (κ3) is 5.49. The summed E-state index contributed by atoms with van der Waals surface area (Å²) in [6, 6.07) is 8.03. The molecule has 0 heterocycles. The van der Waals surface area contributed by atoms with Crippen LogP contribution in [0.4, 0.5) is 0 Å². The van der Waals surface area contributed by atoms with E-state index in [2.05, 4.69) is 35.0 Å². The summed E-state index contributed by atoms with van der Waals surface area (Å²) in [6.07, 6.45) is 7.69. The predicted molar refractivity (Wildman–Crippen MR) is 77.0 cm³/mol. The van der Waals surface area contributed by atoms with Gasteiger partial charge < -0.3 is 0 Å². The van der Waals surface area contributed by atoms with Crippen molar-refractivity contribution in [1.29, 1.82) is 0 Å². The van der Waals surface area contributed by atoms with Crippen LogP contribution in [0.25, 0.3) is 0 Å². The number of ketones is 1. The van der Waals surface area contributed by atoms with E-state index in [1.165, 1.54) is 37.7 Å². The molecule has 0 amide bonds. The molecule has 0 unspecified atom stereocenters. The molecule has 0 aliphatic heterocycles. The molecular weight excluding hydrogens is 276 g/mol. The van der Waals surface area contributed by atoms with E-state index in [0.717, 1.165) is 12.0 Å². The van der Waals surface area contributed by atoms with Gasteiger partial charge in [0.1, 0.15) is 0 Å². The van der Waals surface area contributed by atoms with Gasteiger partial charge >= 0.3 is 0 Å². The summed E-state index contributed by atoms with van der Waals surface area (Å²) in [7, 11) is 0. The van der Waals surface area contributed by atoms with Gasteiger partial charge in [0.2, 0.25) is 0 Å². The first-order valence-electron chi connectivity index (χ1n) is 6.46. The molecule has 1 rings (SSSR count). The quantitative estimate of drug-likeness (QED) is 0.383. The molecule has 0 radical (unpaired) electrons. The van der Waals surface area contributed by atoms with Crippen molar-refractivity contribution in [1.82, 2.24) is 0 Å². The smallest absolute Gasteiger partial charge is 0.173 e. The maximum atomic E-state index is 11.4. The summed E-state index contributed by atoms with van der Waals surface area (Å²) >= 11 is 3.19. The Balaban J connectivity index is 2.33. The number of hydrogen-bond acceptors (Lipinski definition) is 1. The molecule has 0 saturated carbocycles. The molecule has 0 spiro atoms. The van der Waals surface area contributed by atoms with E-state index in [9.17, 15) is 4.79 Å². The number of carbonyl (C=O) groups is 1. The molecule has 0 saturated heterocycles. The van der Waals surface area contributed by atoms with E-state index >= 15 is 0 Å². The highest BCUT2D eigenvalue weighted by Crippen LogP contribution is 2.11. The molecular formula is C15H21BrO. The van der Waals surface area contributed by atoms with E-state index in [1.807, 2.05) is 12.1 Å². The van der Waals surface area contributed by atoms with Gasteiger partial charge in [0.15, 0.2) is 5.78 Å². The van der Waals surface area contributed by atoms with Crippen molar-refractivity contribution in [3.8, 4) is 0 Å². The molecule has 0 bridgehead atoms. The summed E-state index contributed by atoms with van der Waals surface area (Å²) in [4.78, 5) is 11.4. The van der Waals surface area contributed by atoms with Crippen molar-refractivity contribution in [2.75, 3.05) is 5.33 Å². The molecule has 1 nitrogen and oxygen atoms in total. The lowest BCUT2D eigenvalue weighted by molar-refractivity contribution is 0.102. The van der Waals surface area contributed by atoms with E-state index in [-0.39, 0.29) is 5.78 Å². The van der Waals surface area contributed by atoms with Gasteiger partial charge in [-0.3, -0.25) is 4.79 Å². The molecule has 17 heavy (non-hydrogen) atoms. The Morgan fingerprint density at radius 1 is 1.06 bits per heavy atom. The van der Waals surface area contributed by atoms with Crippen molar-refractivity contribution >= 4 is 21.7 Å². The molecule has 0 fully saturated rings. The Morgan fingerprint density at radius 3 is 2.29 bits per heavy atom. The zero-order valence-corrected chi connectivity index (χ0v) is 12.1. The van der Waals surface area contributed by atoms with Gasteiger partial charge in [-0.25, -0.2) is 0 Å². The third-order valence-electron chi connectivity index (χ3n) is 2.97. The van der Waals surface area contributed by atoms with Gasteiger partial charge in [0.05, 0.1) is 5.33 Å². The average molecular weight is 297 g/mol. The highest BCUT2D eigenvalue weighted by atomic mass is 79.9. The predicted octanol–water partition coefficient (Wildman–Crippen LogP) is 4.78. The van der Waals surface area contributed by atoms with Crippen LogP contribution < -0.4 is 0 Å². The monoisotopic (exact) mass is 296 g/mol. The van der Waals surface area contributed by atoms with Gasteiger partial charge in [-0.05, 0) is 18.4 Å². The standard InChI is InChI=1S/C15H21BrO/c1-2-3-4-5-6-7-13-8-10-14(11-9-13)15(17)12-16/h8-11H,2-7,12H2,1H3. The van der Waals surface area contributed by atoms with Crippen LogP contribution in [0, 0.1) is 0 Å². The molecule has 94 valence electrons. The number of benzene rings is 1. The van der Waals surface area contributed by atoms with Crippen molar-refractivity contribution < 1.29 is 4.79 Å². The second kappa shape index (κ2) is 8.46. The molecule has 0 aliphatic carbocycles. The highest BCUT2D eigenvalue weighted by Gasteiger charge is 2.02. The number of aryl methyl sites for hydroxylation is 1. The lowest BCUT2D eigenvalue weighted by Gasteiger charge is -2.03. The Morgan fingerprint density at radius 2 is 1.71 bits per heavy atom. The number of unbranched alkanes of at least 4 members (excludes halogenated alkanes) is 4. The second-order valence-corrected chi connectivity index (χ2v) is 4.98. The molecule has 0 N–H and O–H groups in total. The zero-order chi connectivity index (χ0) is 12.5. The Hall–Kier alpha value is -0.630. The number of Topliss-reactive ketones (excluding diaryl/α,β-unsaturated/α-hetero) is 1. The van der Waals surface area contributed by atoms with Gasteiger partial charge in [0, 0.05) is 5.56 Å². The first-order chi connectivity index (χ1) is 8.27. The van der Waals surface area contributed by atoms with Crippen molar-refractivity contribution in [3.05, 3.63) is 35.4 Å². The Bertz CT molecular complexity index is 329. The summed E-state index contributed by atoms with van der Waals surface area (Å²) in [5.74, 6) is 0.152. The van der Waals surface area contributed by atoms with Crippen LogP contribution in [0.1, 0.15) is 54.9 Å². The molecule has 0 aromatic heterocycles. The SMILES string of the molecule is CCCCCCCc1ccc(C(=O)CBr)cc1. The third-order valence-corrected chi connectivity index (χ3v) is 3.48. The number of carbonyl (C=O) groups excluding carboxylic acids is 1. The average Bonchev–Trinajstić information content (AvgIpc) is 2.38. The van der Waals surface area contributed by atoms with E-state index < -0.39 is 0 Å². The van der Waals surface area contributed by atoms with E-state index in [0.29, 0.717) is 5.33 Å². The summed E-state index contributed by atoms with van der Waals surface area (Å²) in [5, 5.41) is 0.406. The minimum absolute atomic E-state index is 0.152. The van der Waals surface area contributed by atoms with Gasteiger partial charge in [-0.1, -0.05) is 72.8 Å². The van der Waals surface area contributed by atoms with Gasteiger partial charge in [-0.2, -0.15) is 0 Å². The molecule has 2 heteroatoms. The maximum Gasteiger partial charge on any atom is 0.173 e. The lowest BCUT2D eigenvalue weighted by atomic mass is 10.0. The van der Waals surface area contributed by atoms with Crippen molar-refractivity contribution in [2.45, 2.75) is 45.4 Å². The lowest BCUT2D eigenvalue weighted by Crippen LogP contribution is -1.99. The van der Waals surface area contributed by atoms with Crippen LogP contribution in [0.2, 0.25) is 0 Å². The van der Waals surface area contributed by atoms with Crippen LogP contribution in [0.3, 0.4) is 0 Å². The largest absolute Gasteiger partial charge is 0.293 e. The normalized spacial score (nSPS) is 10.5. The Kier molecular flexibility index (Phi) is 7.18. The number of alkyl halides is 1. The number of halogens is 1. The second-order valence-electron chi connectivity index (χ2n) is 4.42. The van der Waals surface area contributed by atoms with Crippen LogP contribution in [0.5, 0.6) is 0 Å². The number of rotatable bonds is 8. The fourth-order valence-electron chi connectivity index (χ4n) is 1.87. The van der Waals surface area contributed by atoms with Crippen LogP contribution in [0.15, 0.2) is 24.3 Å². The molecule has 1 aromatic rings. The van der Waals surface area contributed by atoms with Crippen LogP contribution in [-0.2, 0) is 6.42 Å².